The number of carbonyl (C=O) groups is 1. The second-order valence-electron chi connectivity index (χ2n) is 4.37. The van der Waals surface area contributed by atoms with Gasteiger partial charge in [0.15, 0.2) is 0 Å². The number of halogens is 2. The van der Waals surface area contributed by atoms with E-state index in [1.54, 1.807) is 24.3 Å². The topological polar surface area (TPSA) is 45.2 Å². The summed E-state index contributed by atoms with van der Waals surface area (Å²) in [5.74, 6) is -2.47. The molecule has 20 heavy (non-hydrogen) atoms. The maximum atomic E-state index is 13.3. The lowest BCUT2D eigenvalue weighted by molar-refractivity contribution is 0.102. The highest BCUT2D eigenvalue weighted by molar-refractivity contribution is 6.04. The molecule has 1 aromatic heterocycles. The maximum Gasteiger partial charge on any atom is 0.255 e. The van der Waals surface area contributed by atoms with Gasteiger partial charge in [0.25, 0.3) is 5.91 Å². The average molecular weight is 277 g/mol. The summed E-state index contributed by atoms with van der Waals surface area (Å²) in [5.41, 5.74) is 1.16. The predicted octanol–water partition coefficient (Wildman–Crippen LogP) is 2.68. The molecule has 0 spiro atoms. The van der Waals surface area contributed by atoms with E-state index < -0.39 is 17.8 Å². The molecule has 0 unspecified atom stereocenters. The van der Waals surface area contributed by atoms with Gasteiger partial charge in [0, 0.05) is 25.3 Å². The fourth-order valence-electron chi connectivity index (χ4n) is 1.61. The lowest BCUT2D eigenvalue weighted by Crippen LogP contribution is -2.14. The van der Waals surface area contributed by atoms with Gasteiger partial charge in [0.1, 0.15) is 0 Å². The molecule has 0 bridgehead atoms. The van der Waals surface area contributed by atoms with Crippen molar-refractivity contribution in [1.82, 2.24) is 4.98 Å². The van der Waals surface area contributed by atoms with Crippen LogP contribution in [0, 0.1) is 11.9 Å². The summed E-state index contributed by atoms with van der Waals surface area (Å²) < 4.78 is 26.0. The Morgan fingerprint density at radius 2 is 1.75 bits per heavy atom. The van der Waals surface area contributed by atoms with E-state index in [1.807, 2.05) is 19.0 Å². The fourth-order valence-corrected chi connectivity index (χ4v) is 1.61. The molecule has 0 radical (unpaired) electrons. The van der Waals surface area contributed by atoms with Gasteiger partial charge in [-0.2, -0.15) is 13.8 Å². The quantitative estimate of drug-likeness (QED) is 0.877. The Kier molecular flexibility index (Phi) is 3.93. The van der Waals surface area contributed by atoms with Crippen molar-refractivity contribution < 1.29 is 13.6 Å². The average Bonchev–Trinajstić information content (AvgIpc) is 2.42. The number of hydrogen-bond acceptors (Lipinski definition) is 3. The van der Waals surface area contributed by atoms with Crippen LogP contribution >= 0.6 is 0 Å². The molecule has 0 atom stereocenters. The van der Waals surface area contributed by atoms with Gasteiger partial charge >= 0.3 is 0 Å². The molecule has 0 saturated heterocycles. The van der Waals surface area contributed by atoms with Crippen LogP contribution < -0.4 is 10.2 Å². The summed E-state index contributed by atoms with van der Waals surface area (Å²) in [6, 6.07) is 8.90. The van der Waals surface area contributed by atoms with Crippen LogP contribution in [0.5, 0.6) is 0 Å². The lowest BCUT2D eigenvalue weighted by Gasteiger charge is -2.12. The van der Waals surface area contributed by atoms with E-state index in [2.05, 4.69) is 10.3 Å². The second-order valence-corrected chi connectivity index (χ2v) is 4.37. The molecule has 2 aromatic rings. The van der Waals surface area contributed by atoms with Crippen molar-refractivity contribution in [2.75, 3.05) is 24.3 Å². The normalized spacial score (nSPS) is 10.2. The van der Waals surface area contributed by atoms with Gasteiger partial charge in [-0.25, -0.2) is 0 Å². The van der Waals surface area contributed by atoms with Crippen LogP contribution in [0.25, 0.3) is 0 Å². The zero-order valence-electron chi connectivity index (χ0n) is 11.0. The summed E-state index contributed by atoms with van der Waals surface area (Å²) >= 11 is 0. The molecular formula is C14H13F2N3O. The molecule has 1 N–H and O–H groups in total. The zero-order valence-corrected chi connectivity index (χ0v) is 11.0. The van der Waals surface area contributed by atoms with Crippen molar-refractivity contribution in [1.29, 1.82) is 0 Å². The number of hydrogen-bond donors (Lipinski definition) is 1. The van der Waals surface area contributed by atoms with Crippen LogP contribution in [0.15, 0.2) is 36.4 Å². The molecule has 0 fully saturated rings. The minimum absolute atomic E-state index is 0.159. The van der Waals surface area contributed by atoms with Crippen LogP contribution in [-0.4, -0.2) is 25.0 Å². The Hall–Kier alpha value is -2.50. The summed E-state index contributed by atoms with van der Waals surface area (Å²) in [7, 11) is 3.77. The van der Waals surface area contributed by atoms with Gasteiger partial charge in [-0.1, -0.05) is 0 Å². The Labute approximate surface area is 115 Å². The van der Waals surface area contributed by atoms with E-state index in [4.69, 9.17) is 0 Å². The number of amides is 1. The van der Waals surface area contributed by atoms with Gasteiger partial charge in [-0.05, 0) is 36.4 Å². The third kappa shape index (κ3) is 3.09. The number of nitrogens with zero attached hydrogens (tertiary/aromatic N) is 2. The molecule has 0 aliphatic rings. The van der Waals surface area contributed by atoms with E-state index in [0.717, 1.165) is 17.8 Å². The molecule has 0 aliphatic carbocycles. The van der Waals surface area contributed by atoms with Crippen molar-refractivity contribution in [3.8, 4) is 0 Å². The number of nitrogens with one attached hydrogen (secondary N) is 1. The largest absolute Gasteiger partial charge is 0.378 e. The predicted molar refractivity (Wildman–Crippen MR) is 72.9 cm³/mol. The number of benzene rings is 1. The van der Waals surface area contributed by atoms with Gasteiger partial charge < -0.3 is 10.2 Å². The first kappa shape index (κ1) is 13.9. The second kappa shape index (κ2) is 5.64. The van der Waals surface area contributed by atoms with Crippen molar-refractivity contribution in [3.63, 3.8) is 0 Å². The molecule has 1 amide bonds. The molecule has 104 valence electrons. The molecule has 0 saturated carbocycles. The van der Waals surface area contributed by atoms with E-state index in [9.17, 15) is 13.6 Å². The van der Waals surface area contributed by atoms with Crippen LogP contribution in [-0.2, 0) is 0 Å². The Morgan fingerprint density at radius 1 is 1.10 bits per heavy atom. The number of carbonyl (C=O) groups excluding carboxylic acids is 1. The molecule has 2 rings (SSSR count). The number of anilines is 2. The first-order valence-electron chi connectivity index (χ1n) is 5.88. The van der Waals surface area contributed by atoms with Gasteiger partial charge in [-0.3, -0.25) is 4.79 Å². The highest BCUT2D eigenvalue weighted by Gasteiger charge is 2.11. The van der Waals surface area contributed by atoms with Crippen LogP contribution in [0.2, 0.25) is 0 Å². The summed E-state index contributed by atoms with van der Waals surface area (Å²) in [4.78, 5) is 16.8. The van der Waals surface area contributed by atoms with Crippen molar-refractivity contribution in [3.05, 3.63) is 53.9 Å². The molecule has 0 aliphatic heterocycles. The monoisotopic (exact) mass is 277 g/mol. The molecule has 1 heterocycles. The summed E-state index contributed by atoms with van der Waals surface area (Å²) in [6.45, 7) is 0. The van der Waals surface area contributed by atoms with Crippen LogP contribution in [0.4, 0.5) is 20.2 Å². The summed E-state index contributed by atoms with van der Waals surface area (Å²) in [5, 5.41) is 2.35. The van der Waals surface area contributed by atoms with Crippen molar-refractivity contribution >= 4 is 17.3 Å². The molecule has 6 heteroatoms. The highest BCUT2D eigenvalue weighted by atomic mass is 19.1. The Bertz CT molecular complexity index is 627. The van der Waals surface area contributed by atoms with E-state index >= 15 is 0 Å². The SMILES string of the molecule is CN(C)c1ccc(C(=O)Nc2ccc(F)nc2F)cc1. The van der Waals surface area contributed by atoms with Crippen LogP contribution in [0.3, 0.4) is 0 Å². The lowest BCUT2D eigenvalue weighted by atomic mass is 10.2. The maximum absolute atomic E-state index is 13.3. The molecular weight excluding hydrogens is 264 g/mol. The number of aromatic nitrogens is 1. The number of rotatable bonds is 3. The first-order chi connectivity index (χ1) is 9.47. The van der Waals surface area contributed by atoms with Crippen molar-refractivity contribution in [2.24, 2.45) is 0 Å². The number of pyridine rings is 1. The van der Waals surface area contributed by atoms with E-state index in [1.165, 1.54) is 0 Å². The Balaban J connectivity index is 2.15. The third-order valence-corrected chi connectivity index (χ3v) is 2.71. The van der Waals surface area contributed by atoms with Gasteiger partial charge in [0.2, 0.25) is 11.9 Å². The highest BCUT2D eigenvalue weighted by Crippen LogP contribution is 2.16. The van der Waals surface area contributed by atoms with E-state index in [0.29, 0.717) is 5.56 Å². The molecule has 1 aromatic carbocycles. The Morgan fingerprint density at radius 3 is 2.30 bits per heavy atom. The standard InChI is InChI=1S/C14H13F2N3O/c1-19(2)10-5-3-9(4-6-10)14(20)17-11-7-8-12(15)18-13(11)16/h3-8H,1-2H3,(H,17,20). The van der Waals surface area contributed by atoms with Crippen LogP contribution in [0.1, 0.15) is 10.4 Å². The van der Waals surface area contributed by atoms with Crippen molar-refractivity contribution in [2.45, 2.75) is 0 Å². The smallest absolute Gasteiger partial charge is 0.255 e. The fraction of sp³-hybridized carbons (Fsp3) is 0.143. The first-order valence-corrected chi connectivity index (χ1v) is 5.88. The molecule has 4 nitrogen and oxygen atoms in total. The van der Waals surface area contributed by atoms with Gasteiger partial charge in [-0.15, -0.1) is 0 Å². The van der Waals surface area contributed by atoms with E-state index in [-0.39, 0.29) is 5.69 Å². The third-order valence-electron chi connectivity index (χ3n) is 2.71. The summed E-state index contributed by atoms with van der Waals surface area (Å²) in [6.07, 6.45) is 0. The minimum atomic E-state index is -1.05. The minimum Gasteiger partial charge on any atom is -0.378 e. The van der Waals surface area contributed by atoms with Gasteiger partial charge in [0.05, 0.1) is 5.69 Å². The zero-order chi connectivity index (χ0) is 14.7.